The van der Waals surface area contributed by atoms with E-state index in [0.717, 1.165) is 5.56 Å². The minimum Gasteiger partial charge on any atom is -0.497 e. The van der Waals surface area contributed by atoms with Crippen LogP contribution in [0.4, 0.5) is 11.4 Å². The summed E-state index contributed by atoms with van der Waals surface area (Å²) in [5, 5.41) is 23.1. The Morgan fingerprint density at radius 2 is 1.63 bits per heavy atom. The van der Waals surface area contributed by atoms with Gasteiger partial charge in [0.2, 0.25) is 11.8 Å². The molecule has 2 N–H and O–H groups in total. The molecule has 1 atom stereocenters. The molecule has 0 aliphatic carbocycles. The van der Waals surface area contributed by atoms with Crippen molar-refractivity contribution in [2.24, 2.45) is 0 Å². The molecule has 0 aliphatic heterocycles. The van der Waals surface area contributed by atoms with Gasteiger partial charge in [0.25, 0.3) is 5.91 Å². The van der Waals surface area contributed by atoms with Crippen molar-refractivity contribution < 1.29 is 19.1 Å². The van der Waals surface area contributed by atoms with Crippen LogP contribution in [0.2, 0.25) is 0 Å². The molecule has 0 saturated carbocycles. The minimum atomic E-state index is -0.844. The lowest BCUT2D eigenvalue weighted by Gasteiger charge is -2.25. The topological polar surface area (TPSA) is 142 Å². The fourth-order valence-corrected chi connectivity index (χ4v) is 4.81. The van der Waals surface area contributed by atoms with E-state index in [1.165, 1.54) is 9.58 Å². The van der Waals surface area contributed by atoms with Gasteiger partial charge in [0.1, 0.15) is 24.0 Å². The van der Waals surface area contributed by atoms with E-state index in [9.17, 15) is 14.4 Å². The standard InChI is InChI=1S/C35H31N7O4/c1-41(27-16-18-28(46-2)19-17-27)35(45)31(20-24-8-4-3-5-9-24)37-33(43)23-42-22-32(39-40-42)29-10-6-7-11-30(29)38-34(44)26-14-12-25(21-36)13-15-26/h3-19,22,31H,20,23H2,1-2H3,(H,37,43)(H,38,44). The van der Waals surface area contributed by atoms with Crippen LogP contribution >= 0.6 is 0 Å². The Morgan fingerprint density at radius 3 is 2.33 bits per heavy atom. The molecular weight excluding hydrogens is 582 g/mol. The lowest BCUT2D eigenvalue weighted by Crippen LogP contribution is -2.49. The third-order valence-corrected chi connectivity index (χ3v) is 7.28. The minimum absolute atomic E-state index is 0.183. The van der Waals surface area contributed by atoms with Gasteiger partial charge in [-0.3, -0.25) is 14.4 Å². The number of hydrogen-bond donors (Lipinski definition) is 2. The first-order chi connectivity index (χ1) is 22.3. The number of anilines is 2. The second kappa shape index (κ2) is 14.5. The molecule has 0 spiro atoms. The third kappa shape index (κ3) is 7.62. The predicted octanol–water partition coefficient (Wildman–Crippen LogP) is 4.47. The van der Waals surface area contributed by atoms with Gasteiger partial charge >= 0.3 is 0 Å². The van der Waals surface area contributed by atoms with Crippen LogP contribution in [0.15, 0.2) is 109 Å². The number of para-hydroxylation sites is 1. The summed E-state index contributed by atoms with van der Waals surface area (Å²) in [5.41, 5.74) is 3.96. The van der Waals surface area contributed by atoms with Crippen molar-refractivity contribution in [3.63, 3.8) is 0 Å². The lowest BCUT2D eigenvalue weighted by molar-refractivity contribution is -0.127. The van der Waals surface area contributed by atoms with Crippen LogP contribution < -0.4 is 20.3 Å². The van der Waals surface area contributed by atoms with E-state index in [1.807, 2.05) is 36.4 Å². The van der Waals surface area contributed by atoms with Crippen molar-refractivity contribution in [2.45, 2.75) is 19.0 Å². The summed E-state index contributed by atoms with van der Waals surface area (Å²) in [6.45, 7) is -0.183. The van der Waals surface area contributed by atoms with Gasteiger partial charge in [-0.25, -0.2) is 4.68 Å². The Bertz CT molecular complexity index is 1860. The number of methoxy groups -OCH3 is 1. The number of rotatable bonds is 11. The summed E-state index contributed by atoms with van der Waals surface area (Å²) in [5.74, 6) is -0.385. The lowest BCUT2D eigenvalue weighted by atomic mass is 10.0. The molecule has 5 rings (SSSR count). The van der Waals surface area contributed by atoms with Crippen LogP contribution in [0, 0.1) is 11.3 Å². The monoisotopic (exact) mass is 613 g/mol. The molecule has 1 aromatic heterocycles. The Balaban J connectivity index is 1.29. The number of likely N-dealkylation sites (N-methyl/N-ethyl adjacent to an activating group) is 1. The normalized spacial score (nSPS) is 11.2. The van der Waals surface area contributed by atoms with E-state index in [0.29, 0.717) is 45.9 Å². The molecule has 11 heteroatoms. The Kier molecular flexibility index (Phi) is 9.79. The summed E-state index contributed by atoms with van der Waals surface area (Å²) < 4.78 is 6.60. The number of amides is 3. The molecule has 4 aromatic carbocycles. The largest absolute Gasteiger partial charge is 0.497 e. The molecule has 0 radical (unpaired) electrons. The van der Waals surface area contributed by atoms with Gasteiger partial charge in [0.05, 0.1) is 30.6 Å². The van der Waals surface area contributed by atoms with E-state index < -0.39 is 11.9 Å². The highest BCUT2D eigenvalue weighted by Gasteiger charge is 2.26. The zero-order valence-electron chi connectivity index (χ0n) is 25.3. The predicted molar refractivity (Wildman–Crippen MR) is 173 cm³/mol. The van der Waals surface area contributed by atoms with Gasteiger partial charge in [-0.2, -0.15) is 5.26 Å². The van der Waals surface area contributed by atoms with E-state index in [4.69, 9.17) is 10.00 Å². The molecule has 1 heterocycles. The highest BCUT2D eigenvalue weighted by Crippen LogP contribution is 2.26. The Hall–Kier alpha value is -6.28. The molecular formula is C35H31N7O4. The van der Waals surface area contributed by atoms with Crippen LogP contribution in [-0.4, -0.2) is 52.9 Å². The quantitative estimate of drug-likeness (QED) is 0.224. The van der Waals surface area contributed by atoms with Crippen LogP contribution in [-0.2, 0) is 22.6 Å². The zero-order chi connectivity index (χ0) is 32.5. The number of nitrogens with zero attached hydrogens (tertiary/aromatic N) is 5. The number of aromatic nitrogens is 3. The Labute approximate surface area is 266 Å². The summed E-state index contributed by atoms with van der Waals surface area (Å²) in [6, 6.07) is 31.2. The van der Waals surface area contributed by atoms with E-state index in [-0.39, 0.29) is 18.4 Å². The first kappa shape index (κ1) is 31.2. The number of carbonyl (C=O) groups excluding carboxylic acids is 3. The highest BCUT2D eigenvalue weighted by atomic mass is 16.5. The maximum atomic E-state index is 13.6. The van der Waals surface area contributed by atoms with Gasteiger partial charge in [-0.05, 0) is 60.2 Å². The van der Waals surface area contributed by atoms with Crippen molar-refractivity contribution in [3.8, 4) is 23.1 Å². The average molecular weight is 614 g/mol. The number of benzene rings is 4. The summed E-state index contributed by atoms with van der Waals surface area (Å²) in [4.78, 5) is 41.3. The first-order valence-electron chi connectivity index (χ1n) is 14.4. The molecule has 11 nitrogen and oxygen atoms in total. The maximum absolute atomic E-state index is 13.6. The van der Waals surface area contributed by atoms with Crippen molar-refractivity contribution in [2.75, 3.05) is 24.4 Å². The smallest absolute Gasteiger partial charge is 0.255 e. The highest BCUT2D eigenvalue weighted by molar-refractivity contribution is 6.06. The Morgan fingerprint density at radius 1 is 0.935 bits per heavy atom. The van der Waals surface area contributed by atoms with Crippen LogP contribution in [0.3, 0.4) is 0 Å². The molecule has 0 saturated heterocycles. The molecule has 0 aliphatic rings. The molecule has 230 valence electrons. The molecule has 0 bridgehead atoms. The van der Waals surface area contributed by atoms with Crippen molar-refractivity contribution in [1.82, 2.24) is 20.3 Å². The fraction of sp³-hybridized carbons (Fsp3) is 0.143. The SMILES string of the molecule is COc1ccc(N(C)C(=O)C(Cc2ccccc2)NC(=O)Cn2cc(-c3ccccc3NC(=O)c3ccc(C#N)cc3)nn2)cc1. The first-order valence-corrected chi connectivity index (χ1v) is 14.4. The second-order valence-corrected chi connectivity index (χ2v) is 10.4. The van der Waals surface area contributed by atoms with Gasteiger partial charge in [-0.1, -0.05) is 53.7 Å². The second-order valence-electron chi connectivity index (χ2n) is 10.4. The summed E-state index contributed by atoms with van der Waals surface area (Å²) >= 11 is 0. The van der Waals surface area contributed by atoms with Gasteiger partial charge in [0.15, 0.2) is 0 Å². The van der Waals surface area contributed by atoms with E-state index in [2.05, 4.69) is 20.9 Å². The number of nitriles is 1. The van der Waals surface area contributed by atoms with Crippen LogP contribution in [0.25, 0.3) is 11.3 Å². The van der Waals surface area contributed by atoms with Crippen molar-refractivity contribution in [3.05, 3.63) is 126 Å². The fourth-order valence-electron chi connectivity index (χ4n) is 4.81. The van der Waals surface area contributed by atoms with E-state index >= 15 is 0 Å². The third-order valence-electron chi connectivity index (χ3n) is 7.28. The van der Waals surface area contributed by atoms with Gasteiger partial charge in [0, 0.05) is 30.3 Å². The molecule has 0 fully saturated rings. The van der Waals surface area contributed by atoms with Crippen molar-refractivity contribution >= 4 is 29.1 Å². The maximum Gasteiger partial charge on any atom is 0.255 e. The number of nitrogens with one attached hydrogen (secondary N) is 2. The number of carbonyl (C=O) groups is 3. The summed E-state index contributed by atoms with van der Waals surface area (Å²) in [7, 11) is 3.24. The molecule has 5 aromatic rings. The zero-order valence-corrected chi connectivity index (χ0v) is 25.3. The van der Waals surface area contributed by atoms with Crippen molar-refractivity contribution in [1.29, 1.82) is 5.26 Å². The van der Waals surface area contributed by atoms with E-state index in [1.54, 1.807) is 93.2 Å². The number of ether oxygens (including phenoxy) is 1. The average Bonchev–Trinajstić information content (AvgIpc) is 3.56. The molecule has 1 unspecified atom stereocenters. The van der Waals surface area contributed by atoms with Gasteiger partial charge < -0.3 is 20.3 Å². The molecule has 46 heavy (non-hydrogen) atoms. The number of hydrogen-bond acceptors (Lipinski definition) is 7. The summed E-state index contributed by atoms with van der Waals surface area (Å²) in [6.07, 6.45) is 1.89. The van der Waals surface area contributed by atoms with Crippen LogP contribution in [0.5, 0.6) is 5.75 Å². The van der Waals surface area contributed by atoms with Gasteiger partial charge in [-0.15, -0.1) is 5.10 Å². The van der Waals surface area contributed by atoms with Crippen LogP contribution in [0.1, 0.15) is 21.5 Å². The molecule has 3 amide bonds.